The molecule has 27 heavy (non-hydrogen) atoms. The summed E-state index contributed by atoms with van der Waals surface area (Å²) in [6.07, 6.45) is 9.64. The van der Waals surface area contributed by atoms with Gasteiger partial charge in [0, 0.05) is 38.9 Å². The topological polar surface area (TPSA) is 69.8 Å². The monoisotopic (exact) mass is 374 g/mol. The molecule has 0 spiro atoms. The minimum Gasteiger partial charge on any atom is -0.370 e. The maximum absolute atomic E-state index is 5.96. The Morgan fingerprint density at radius 3 is 2.48 bits per heavy atom. The minimum absolute atomic E-state index is 0.531. The van der Waals surface area contributed by atoms with Crippen LogP contribution < -0.4 is 16.0 Å². The smallest absolute Gasteiger partial charge is 0.188 e. The Kier molecular flexibility index (Phi) is 9.98. The molecule has 0 amide bonds. The van der Waals surface area contributed by atoms with E-state index in [2.05, 4.69) is 51.1 Å². The molecule has 0 atom stereocenters. The zero-order valence-corrected chi connectivity index (χ0v) is 17.3. The molecule has 6 heteroatoms. The van der Waals surface area contributed by atoms with E-state index < -0.39 is 0 Å². The van der Waals surface area contributed by atoms with Crippen LogP contribution in [0.5, 0.6) is 0 Å². The highest BCUT2D eigenvalue weighted by Crippen LogP contribution is 2.14. The van der Waals surface area contributed by atoms with Crippen LogP contribution in [0.3, 0.4) is 0 Å². The van der Waals surface area contributed by atoms with E-state index >= 15 is 0 Å². The third-order valence-corrected chi connectivity index (χ3v) is 5.22. The van der Waals surface area contributed by atoms with E-state index in [9.17, 15) is 0 Å². The number of likely N-dealkylation sites (N-methyl/N-ethyl adjacent to an activating group) is 1. The number of pyridine rings is 1. The van der Waals surface area contributed by atoms with Gasteiger partial charge in [0.15, 0.2) is 5.96 Å². The Hall–Kier alpha value is -1.82. The van der Waals surface area contributed by atoms with Crippen molar-refractivity contribution in [1.29, 1.82) is 0 Å². The average molecular weight is 375 g/mol. The van der Waals surface area contributed by atoms with E-state index in [1.807, 2.05) is 6.20 Å². The Balaban J connectivity index is 1.66. The number of hydrogen-bond donors (Lipinski definition) is 2. The van der Waals surface area contributed by atoms with E-state index in [4.69, 9.17) is 5.73 Å². The molecule has 0 aliphatic carbocycles. The summed E-state index contributed by atoms with van der Waals surface area (Å²) in [6.45, 7) is 11.4. The fourth-order valence-corrected chi connectivity index (χ4v) is 3.34. The SMILES string of the molecule is CCCCCCCCNC(N)=NCc1ccc(N2CCN(CC)CC2)nc1. The zero-order chi connectivity index (χ0) is 19.3. The van der Waals surface area contributed by atoms with Gasteiger partial charge in [0.25, 0.3) is 0 Å². The molecule has 2 rings (SSSR count). The van der Waals surface area contributed by atoms with Gasteiger partial charge in [0.2, 0.25) is 0 Å². The molecule has 3 N–H and O–H groups in total. The van der Waals surface area contributed by atoms with Crippen molar-refractivity contribution in [2.45, 2.75) is 58.9 Å². The van der Waals surface area contributed by atoms with Crippen LogP contribution in [0, 0.1) is 0 Å². The lowest BCUT2D eigenvalue weighted by Gasteiger charge is -2.34. The fourth-order valence-electron chi connectivity index (χ4n) is 3.34. The normalized spacial score (nSPS) is 15.9. The summed E-state index contributed by atoms with van der Waals surface area (Å²) in [6, 6.07) is 4.21. The minimum atomic E-state index is 0.531. The van der Waals surface area contributed by atoms with Crippen LogP contribution in [0.25, 0.3) is 0 Å². The number of unbranched alkanes of at least 4 members (excludes halogenated alkanes) is 5. The van der Waals surface area contributed by atoms with Crippen LogP contribution in [0.1, 0.15) is 57.9 Å². The summed E-state index contributed by atoms with van der Waals surface area (Å²) in [5, 5.41) is 3.21. The molecule has 152 valence electrons. The molecule has 1 aliphatic heterocycles. The summed E-state index contributed by atoms with van der Waals surface area (Å²) < 4.78 is 0. The van der Waals surface area contributed by atoms with Gasteiger partial charge in [-0.2, -0.15) is 0 Å². The predicted octanol–water partition coefficient (Wildman–Crippen LogP) is 2.99. The standard InChI is InChI=1S/C21H38N6/c1-3-5-6-7-8-9-12-23-21(22)25-18-19-10-11-20(24-17-19)27-15-13-26(4-2)14-16-27/h10-11,17H,3-9,12-16,18H2,1-2H3,(H3,22,23,25). The Morgan fingerprint density at radius 1 is 1.07 bits per heavy atom. The maximum atomic E-state index is 5.96. The number of nitrogens with one attached hydrogen (secondary N) is 1. The summed E-state index contributed by atoms with van der Waals surface area (Å²) >= 11 is 0. The van der Waals surface area contributed by atoms with Gasteiger partial charge >= 0.3 is 0 Å². The van der Waals surface area contributed by atoms with Crippen molar-refractivity contribution >= 4 is 11.8 Å². The molecule has 0 bridgehead atoms. The number of nitrogens with two attached hydrogens (primary N) is 1. The quantitative estimate of drug-likeness (QED) is 0.354. The molecule has 1 fully saturated rings. The first-order valence-electron chi connectivity index (χ1n) is 10.7. The van der Waals surface area contributed by atoms with Gasteiger partial charge in [-0.3, -0.25) is 0 Å². The molecule has 1 aliphatic rings. The molecule has 0 saturated carbocycles. The molecular formula is C21H38N6. The van der Waals surface area contributed by atoms with Gasteiger partial charge in [-0.15, -0.1) is 0 Å². The van der Waals surface area contributed by atoms with Gasteiger partial charge in [0.05, 0.1) is 6.54 Å². The van der Waals surface area contributed by atoms with E-state index in [0.29, 0.717) is 12.5 Å². The van der Waals surface area contributed by atoms with E-state index in [0.717, 1.165) is 57.1 Å². The van der Waals surface area contributed by atoms with Gasteiger partial charge in [-0.05, 0) is 24.6 Å². The van der Waals surface area contributed by atoms with Crippen LogP contribution in [-0.4, -0.2) is 55.1 Å². The predicted molar refractivity (Wildman–Crippen MR) is 115 cm³/mol. The number of aromatic nitrogens is 1. The zero-order valence-electron chi connectivity index (χ0n) is 17.3. The molecule has 1 aromatic heterocycles. The van der Waals surface area contributed by atoms with Crippen molar-refractivity contribution in [3.05, 3.63) is 23.9 Å². The molecule has 1 aromatic rings. The first-order chi connectivity index (χ1) is 13.2. The number of nitrogens with zero attached hydrogens (tertiary/aromatic N) is 4. The highest BCUT2D eigenvalue weighted by molar-refractivity contribution is 5.77. The second-order valence-electron chi connectivity index (χ2n) is 7.34. The Bertz CT molecular complexity index is 534. The summed E-state index contributed by atoms with van der Waals surface area (Å²) in [5.74, 6) is 1.59. The first-order valence-corrected chi connectivity index (χ1v) is 10.7. The van der Waals surface area contributed by atoms with Crippen molar-refractivity contribution in [3.8, 4) is 0 Å². The Labute approximate surface area is 165 Å². The van der Waals surface area contributed by atoms with E-state index in [1.54, 1.807) is 0 Å². The van der Waals surface area contributed by atoms with Crippen molar-refractivity contribution in [3.63, 3.8) is 0 Å². The first kappa shape index (κ1) is 21.5. The molecule has 0 unspecified atom stereocenters. The van der Waals surface area contributed by atoms with Crippen molar-refractivity contribution in [1.82, 2.24) is 15.2 Å². The summed E-state index contributed by atoms with van der Waals surface area (Å²) in [4.78, 5) is 13.9. The fraction of sp³-hybridized carbons (Fsp3) is 0.714. The van der Waals surface area contributed by atoms with Gasteiger partial charge in [-0.1, -0.05) is 52.0 Å². The number of rotatable bonds is 11. The highest BCUT2D eigenvalue weighted by Gasteiger charge is 2.16. The summed E-state index contributed by atoms with van der Waals surface area (Å²) in [5.41, 5.74) is 7.06. The third kappa shape index (κ3) is 8.16. The van der Waals surface area contributed by atoms with Crippen molar-refractivity contribution in [2.75, 3.05) is 44.2 Å². The summed E-state index contributed by atoms with van der Waals surface area (Å²) in [7, 11) is 0. The lowest BCUT2D eigenvalue weighted by molar-refractivity contribution is 0.270. The molecule has 6 nitrogen and oxygen atoms in total. The second-order valence-corrected chi connectivity index (χ2v) is 7.34. The van der Waals surface area contributed by atoms with Crippen molar-refractivity contribution < 1.29 is 0 Å². The molecule has 0 radical (unpaired) electrons. The highest BCUT2D eigenvalue weighted by atomic mass is 15.3. The Morgan fingerprint density at radius 2 is 1.81 bits per heavy atom. The van der Waals surface area contributed by atoms with E-state index in [-0.39, 0.29) is 0 Å². The number of hydrogen-bond acceptors (Lipinski definition) is 4. The number of anilines is 1. The van der Waals surface area contributed by atoms with Crippen LogP contribution in [0.2, 0.25) is 0 Å². The maximum Gasteiger partial charge on any atom is 0.188 e. The van der Waals surface area contributed by atoms with Gasteiger partial charge in [0.1, 0.15) is 5.82 Å². The van der Waals surface area contributed by atoms with Gasteiger partial charge in [-0.25, -0.2) is 9.98 Å². The lowest BCUT2D eigenvalue weighted by Crippen LogP contribution is -2.46. The lowest BCUT2D eigenvalue weighted by atomic mass is 10.1. The number of piperazine rings is 1. The third-order valence-electron chi connectivity index (χ3n) is 5.22. The molecule has 1 saturated heterocycles. The molecule has 2 heterocycles. The second kappa shape index (κ2) is 12.5. The van der Waals surface area contributed by atoms with Crippen LogP contribution in [0.4, 0.5) is 5.82 Å². The van der Waals surface area contributed by atoms with Crippen LogP contribution >= 0.6 is 0 Å². The number of guanidine groups is 1. The van der Waals surface area contributed by atoms with E-state index in [1.165, 1.54) is 32.1 Å². The van der Waals surface area contributed by atoms with Crippen molar-refractivity contribution in [2.24, 2.45) is 10.7 Å². The average Bonchev–Trinajstić information content (AvgIpc) is 2.72. The largest absolute Gasteiger partial charge is 0.370 e. The van der Waals surface area contributed by atoms with Gasteiger partial charge < -0.3 is 20.9 Å². The van der Waals surface area contributed by atoms with Crippen LogP contribution in [0.15, 0.2) is 23.3 Å². The molecule has 0 aromatic carbocycles. The molecular weight excluding hydrogens is 336 g/mol. The van der Waals surface area contributed by atoms with Crippen LogP contribution in [-0.2, 0) is 6.54 Å². The number of aliphatic imine (C=N–C) groups is 1.